The SMILES string of the molecule is CCNc1sc(S(=O)(=O)N2CC(C)CC2C)cc1[N+](=O)[O-]. The molecule has 7 nitrogen and oxygen atoms in total. The Labute approximate surface area is 128 Å². The van der Waals surface area contributed by atoms with E-state index in [2.05, 4.69) is 5.32 Å². The highest BCUT2D eigenvalue weighted by Crippen LogP contribution is 2.40. The lowest BCUT2D eigenvalue weighted by Crippen LogP contribution is -2.33. The van der Waals surface area contributed by atoms with Crippen LogP contribution in [0.2, 0.25) is 0 Å². The van der Waals surface area contributed by atoms with Crippen LogP contribution >= 0.6 is 11.3 Å². The van der Waals surface area contributed by atoms with Gasteiger partial charge in [-0.2, -0.15) is 4.31 Å². The number of thiophene rings is 1. The summed E-state index contributed by atoms with van der Waals surface area (Å²) in [6, 6.07) is 1.09. The molecule has 1 aromatic rings. The lowest BCUT2D eigenvalue weighted by atomic mass is 10.1. The van der Waals surface area contributed by atoms with Crippen LogP contribution in [0.3, 0.4) is 0 Å². The van der Waals surface area contributed by atoms with Crippen LogP contribution in [0.5, 0.6) is 0 Å². The highest BCUT2D eigenvalue weighted by Gasteiger charge is 2.38. The molecule has 118 valence electrons. The molecule has 1 fully saturated rings. The molecule has 2 heterocycles. The first-order valence-electron chi connectivity index (χ1n) is 6.81. The Balaban J connectivity index is 2.41. The summed E-state index contributed by atoms with van der Waals surface area (Å²) < 4.78 is 26.8. The van der Waals surface area contributed by atoms with Crippen LogP contribution in [0.1, 0.15) is 27.2 Å². The first-order valence-corrected chi connectivity index (χ1v) is 9.07. The molecule has 1 N–H and O–H groups in total. The molecule has 2 unspecified atom stereocenters. The molecule has 9 heteroatoms. The van der Waals surface area contributed by atoms with E-state index in [0.717, 1.165) is 23.8 Å². The largest absolute Gasteiger partial charge is 0.372 e. The third-order valence-electron chi connectivity index (χ3n) is 3.51. The lowest BCUT2D eigenvalue weighted by Gasteiger charge is -2.19. The van der Waals surface area contributed by atoms with Crippen LogP contribution in [0, 0.1) is 16.0 Å². The number of anilines is 1. The maximum atomic E-state index is 12.7. The number of hydrogen-bond donors (Lipinski definition) is 1. The van der Waals surface area contributed by atoms with E-state index in [-0.39, 0.29) is 15.9 Å². The van der Waals surface area contributed by atoms with Crippen LogP contribution in [-0.4, -0.2) is 36.8 Å². The van der Waals surface area contributed by atoms with Gasteiger partial charge in [-0.1, -0.05) is 18.3 Å². The highest BCUT2D eigenvalue weighted by atomic mass is 32.2. The fraction of sp³-hybridized carbons (Fsp3) is 0.667. The fourth-order valence-corrected chi connectivity index (χ4v) is 5.91. The minimum Gasteiger partial charge on any atom is -0.372 e. The van der Waals surface area contributed by atoms with E-state index >= 15 is 0 Å². The second kappa shape index (κ2) is 5.90. The minimum atomic E-state index is -3.67. The maximum Gasteiger partial charge on any atom is 0.304 e. The number of nitro groups is 1. The van der Waals surface area contributed by atoms with Crippen molar-refractivity contribution in [3.63, 3.8) is 0 Å². The molecule has 2 atom stereocenters. The van der Waals surface area contributed by atoms with Crippen molar-refractivity contribution in [2.75, 3.05) is 18.4 Å². The number of rotatable bonds is 5. The first kappa shape index (κ1) is 16.2. The van der Waals surface area contributed by atoms with Crippen molar-refractivity contribution < 1.29 is 13.3 Å². The van der Waals surface area contributed by atoms with E-state index in [1.54, 1.807) is 0 Å². The zero-order valence-corrected chi connectivity index (χ0v) is 13.8. The van der Waals surface area contributed by atoms with E-state index in [9.17, 15) is 18.5 Å². The maximum absolute atomic E-state index is 12.7. The summed E-state index contributed by atoms with van der Waals surface area (Å²) in [7, 11) is -3.67. The van der Waals surface area contributed by atoms with Crippen molar-refractivity contribution in [3.8, 4) is 0 Å². The lowest BCUT2D eigenvalue weighted by molar-refractivity contribution is -0.383. The summed E-state index contributed by atoms with van der Waals surface area (Å²) in [5.74, 6) is 0.304. The molecule has 0 amide bonds. The van der Waals surface area contributed by atoms with Gasteiger partial charge in [-0.15, -0.1) is 0 Å². The summed E-state index contributed by atoms with van der Waals surface area (Å²) in [4.78, 5) is 10.5. The number of hydrogen-bond acceptors (Lipinski definition) is 6. The molecule has 21 heavy (non-hydrogen) atoms. The van der Waals surface area contributed by atoms with Crippen molar-refractivity contribution in [1.29, 1.82) is 0 Å². The average molecular weight is 333 g/mol. The zero-order valence-electron chi connectivity index (χ0n) is 12.2. The molecule has 0 aliphatic carbocycles. The third-order valence-corrected chi connectivity index (χ3v) is 7.02. The number of sulfonamides is 1. The zero-order chi connectivity index (χ0) is 15.8. The summed E-state index contributed by atoms with van der Waals surface area (Å²) in [6.45, 7) is 6.65. The van der Waals surface area contributed by atoms with Crippen molar-refractivity contribution in [3.05, 3.63) is 16.2 Å². The highest BCUT2D eigenvalue weighted by molar-refractivity contribution is 7.91. The Morgan fingerprint density at radius 1 is 1.52 bits per heavy atom. The van der Waals surface area contributed by atoms with E-state index in [0.29, 0.717) is 24.0 Å². The normalized spacial score (nSPS) is 23.4. The molecule has 1 aliphatic heterocycles. The smallest absolute Gasteiger partial charge is 0.304 e. The van der Waals surface area contributed by atoms with Crippen molar-refractivity contribution in [2.24, 2.45) is 5.92 Å². The van der Waals surface area contributed by atoms with Crippen LogP contribution in [-0.2, 0) is 10.0 Å². The van der Waals surface area contributed by atoms with Gasteiger partial charge in [0, 0.05) is 25.2 Å². The standard InChI is InChI=1S/C12H19N3O4S2/c1-4-13-12-10(15(16)17)6-11(20-12)21(18,19)14-7-8(2)5-9(14)3/h6,8-9,13H,4-5,7H2,1-3H3. The molecule has 1 aliphatic rings. The van der Waals surface area contributed by atoms with Gasteiger partial charge in [0.15, 0.2) is 5.00 Å². The topological polar surface area (TPSA) is 92.6 Å². The summed E-state index contributed by atoms with van der Waals surface area (Å²) in [5, 5.41) is 14.2. The molecule has 0 bridgehead atoms. The van der Waals surface area contributed by atoms with E-state index in [4.69, 9.17) is 0 Å². The molecular weight excluding hydrogens is 314 g/mol. The van der Waals surface area contributed by atoms with Gasteiger partial charge in [-0.25, -0.2) is 8.42 Å². The quantitative estimate of drug-likeness (QED) is 0.660. The second-order valence-electron chi connectivity index (χ2n) is 5.33. The van der Waals surface area contributed by atoms with Gasteiger partial charge in [0.1, 0.15) is 4.21 Å². The fourth-order valence-electron chi connectivity index (χ4n) is 2.62. The van der Waals surface area contributed by atoms with Crippen molar-refractivity contribution >= 4 is 32.0 Å². The third kappa shape index (κ3) is 3.04. The summed E-state index contributed by atoms with van der Waals surface area (Å²) in [6.07, 6.45) is 0.812. The molecule has 1 aromatic heterocycles. The predicted molar refractivity (Wildman–Crippen MR) is 82.3 cm³/mol. The van der Waals surface area contributed by atoms with Crippen LogP contribution in [0.4, 0.5) is 10.7 Å². The monoisotopic (exact) mass is 333 g/mol. The number of nitrogens with zero attached hydrogens (tertiary/aromatic N) is 2. The predicted octanol–water partition coefficient (Wildman–Crippen LogP) is 2.51. The first-order chi connectivity index (χ1) is 9.77. The Morgan fingerprint density at radius 3 is 2.67 bits per heavy atom. The summed E-state index contributed by atoms with van der Waals surface area (Å²) >= 11 is 0.927. The summed E-state index contributed by atoms with van der Waals surface area (Å²) in [5.41, 5.74) is -0.180. The molecule has 0 saturated carbocycles. The molecule has 2 rings (SSSR count). The van der Waals surface area contributed by atoms with Gasteiger partial charge in [0.25, 0.3) is 10.0 Å². The van der Waals surface area contributed by atoms with Crippen molar-refractivity contribution in [1.82, 2.24) is 4.31 Å². The van der Waals surface area contributed by atoms with Crippen LogP contribution in [0.25, 0.3) is 0 Å². The van der Waals surface area contributed by atoms with Gasteiger partial charge in [0.2, 0.25) is 0 Å². The van der Waals surface area contributed by atoms with Gasteiger partial charge >= 0.3 is 5.69 Å². The minimum absolute atomic E-state index is 0.0334. The van der Waals surface area contributed by atoms with Gasteiger partial charge in [0.05, 0.1) is 4.92 Å². The van der Waals surface area contributed by atoms with Crippen LogP contribution in [0.15, 0.2) is 10.3 Å². The van der Waals surface area contributed by atoms with Gasteiger partial charge in [-0.05, 0) is 26.2 Å². The Kier molecular flexibility index (Phi) is 4.54. The molecular formula is C12H19N3O4S2. The van der Waals surface area contributed by atoms with E-state index in [1.807, 2.05) is 20.8 Å². The second-order valence-corrected chi connectivity index (χ2v) is 8.50. The van der Waals surface area contributed by atoms with Gasteiger partial charge < -0.3 is 5.32 Å². The van der Waals surface area contributed by atoms with E-state index < -0.39 is 14.9 Å². The van der Waals surface area contributed by atoms with Crippen LogP contribution < -0.4 is 5.32 Å². The number of nitrogens with one attached hydrogen (secondary N) is 1. The molecule has 1 saturated heterocycles. The molecule has 0 spiro atoms. The van der Waals surface area contributed by atoms with Gasteiger partial charge in [-0.3, -0.25) is 10.1 Å². The van der Waals surface area contributed by atoms with E-state index in [1.165, 1.54) is 4.31 Å². The molecule has 0 aromatic carbocycles. The Morgan fingerprint density at radius 2 is 2.19 bits per heavy atom. The Hall–Kier alpha value is -1.19. The average Bonchev–Trinajstić information content (AvgIpc) is 2.94. The molecule has 0 radical (unpaired) electrons. The van der Waals surface area contributed by atoms with Crippen molar-refractivity contribution in [2.45, 2.75) is 37.4 Å². The Bertz CT molecular complexity index is 641.